The lowest BCUT2D eigenvalue weighted by Gasteiger charge is -2.29. The molecule has 2 rings (SSSR count). The molecular weight excluding hydrogens is 220 g/mol. The van der Waals surface area contributed by atoms with E-state index in [4.69, 9.17) is 4.74 Å². The van der Waals surface area contributed by atoms with Gasteiger partial charge in [0.2, 0.25) is 11.8 Å². The minimum atomic E-state index is -0.190. The maximum atomic E-state index is 11.9. The second kappa shape index (κ2) is 5.49. The quantitative estimate of drug-likeness (QED) is 0.732. The van der Waals surface area contributed by atoms with Crippen LogP contribution in [-0.4, -0.2) is 37.6 Å². The molecule has 2 heterocycles. The zero-order chi connectivity index (χ0) is 12.3. The fourth-order valence-corrected chi connectivity index (χ4v) is 2.47. The van der Waals surface area contributed by atoms with Gasteiger partial charge in [-0.05, 0) is 25.7 Å². The van der Waals surface area contributed by atoms with Gasteiger partial charge in [-0.1, -0.05) is 0 Å². The average molecular weight is 240 g/mol. The fourth-order valence-electron chi connectivity index (χ4n) is 2.47. The Balaban J connectivity index is 1.79. The third-order valence-electron chi connectivity index (χ3n) is 3.69. The van der Waals surface area contributed by atoms with Crippen molar-refractivity contribution in [1.29, 1.82) is 0 Å². The maximum Gasteiger partial charge on any atom is 0.225 e. The molecule has 0 saturated carbocycles. The van der Waals surface area contributed by atoms with Crippen LogP contribution in [0.25, 0.3) is 0 Å². The smallest absolute Gasteiger partial charge is 0.225 e. The van der Waals surface area contributed by atoms with Crippen LogP contribution < -0.4 is 10.6 Å². The zero-order valence-corrected chi connectivity index (χ0v) is 10.2. The standard InChI is InChI=1S/C12H20N2O3/c1-8(9-2-4-17-5-3-9)14-12(16)10-6-11(15)13-7-10/h8-10H,2-7H2,1H3,(H,13,15)(H,14,16). The molecule has 2 aliphatic heterocycles. The Kier molecular flexibility index (Phi) is 3.99. The summed E-state index contributed by atoms with van der Waals surface area (Å²) in [5, 5.41) is 5.71. The second-order valence-electron chi connectivity index (χ2n) is 4.95. The first-order valence-corrected chi connectivity index (χ1v) is 6.31. The van der Waals surface area contributed by atoms with E-state index in [-0.39, 0.29) is 23.8 Å². The van der Waals surface area contributed by atoms with E-state index in [0.29, 0.717) is 18.9 Å². The van der Waals surface area contributed by atoms with E-state index < -0.39 is 0 Å². The molecular formula is C12H20N2O3. The molecule has 2 fully saturated rings. The van der Waals surface area contributed by atoms with E-state index in [1.54, 1.807) is 0 Å². The zero-order valence-electron chi connectivity index (χ0n) is 10.2. The Morgan fingerprint density at radius 2 is 2.18 bits per heavy atom. The highest BCUT2D eigenvalue weighted by Crippen LogP contribution is 2.19. The monoisotopic (exact) mass is 240 g/mol. The summed E-state index contributed by atoms with van der Waals surface area (Å²) in [5.41, 5.74) is 0. The van der Waals surface area contributed by atoms with Gasteiger partial charge in [0.25, 0.3) is 0 Å². The van der Waals surface area contributed by atoms with Gasteiger partial charge in [0, 0.05) is 32.2 Å². The van der Waals surface area contributed by atoms with Gasteiger partial charge in [-0.15, -0.1) is 0 Å². The van der Waals surface area contributed by atoms with Gasteiger partial charge in [-0.25, -0.2) is 0 Å². The highest BCUT2D eigenvalue weighted by atomic mass is 16.5. The number of amides is 2. The second-order valence-corrected chi connectivity index (χ2v) is 4.95. The molecule has 0 bridgehead atoms. The van der Waals surface area contributed by atoms with Gasteiger partial charge in [-0.2, -0.15) is 0 Å². The van der Waals surface area contributed by atoms with Crippen LogP contribution >= 0.6 is 0 Å². The number of ether oxygens (including phenoxy) is 1. The Morgan fingerprint density at radius 1 is 1.47 bits per heavy atom. The average Bonchev–Trinajstić information content (AvgIpc) is 2.77. The summed E-state index contributed by atoms with van der Waals surface area (Å²) in [6.45, 7) is 4.09. The Bertz CT molecular complexity index is 300. The van der Waals surface area contributed by atoms with Gasteiger partial charge >= 0.3 is 0 Å². The van der Waals surface area contributed by atoms with E-state index >= 15 is 0 Å². The lowest BCUT2D eigenvalue weighted by atomic mass is 9.92. The molecule has 2 atom stereocenters. The molecule has 5 heteroatoms. The third kappa shape index (κ3) is 3.19. The van der Waals surface area contributed by atoms with Gasteiger partial charge in [-0.3, -0.25) is 9.59 Å². The summed E-state index contributed by atoms with van der Waals surface area (Å²) >= 11 is 0. The summed E-state index contributed by atoms with van der Waals surface area (Å²) in [6.07, 6.45) is 2.33. The van der Waals surface area contributed by atoms with Crippen molar-refractivity contribution in [2.24, 2.45) is 11.8 Å². The molecule has 0 spiro atoms. The minimum absolute atomic E-state index is 0.00217. The lowest BCUT2D eigenvalue weighted by Crippen LogP contribution is -2.43. The van der Waals surface area contributed by atoms with Crippen molar-refractivity contribution < 1.29 is 14.3 Å². The molecule has 0 aliphatic carbocycles. The topological polar surface area (TPSA) is 67.4 Å². The van der Waals surface area contributed by atoms with Gasteiger partial charge < -0.3 is 15.4 Å². The molecule has 2 saturated heterocycles. The molecule has 0 radical (unpaired) electrons. The molecule has 0 aromatic heterocycles. The first kappa shape index (κ1) is 12.4. The fraction of sp³-hybridized carbons (Fsp3) is 0.833. The molecule has 2 unspecified atom stereocenters. The Hall–Kier alpha value is -1.10. The van der Waals surface area contributed by atoms with E-state index in [1.165, 1.54) is 0 Å². The summed E-state index contributed by atoms with van der Waals surface area (Å²) in [6, 6.07) is 0.169. The van der Waals surface area contributed by atoms with Crippen LogP contribution in [0.15, 0.2) is 0 Å². The molecule has 2 N–H and O–H groups in total. The first-order chi connectivity index (χ1) is 8.16. The number of carbonyl (C=O) groups excluding carboxylic acids is 2. The van der Waals surface area contributed by atoms with Crippen molar-refractivity contribution in [2.75, 3.05) is 19.8 Å². The SMILES string of the molecule is CC(NC(=O)C1CNC(=O)C1)C1CCOCC1. The molecule has 5 nitrogen and oxygen atoms in total. The number of hydrogen-bond acceptors (Lipinski definition) is 3. The molecule has 17 heavy (non-hydrogen) atoms. The van der Waals surface area contributed by atoms with Gasteiger partial charge in [0.15, 0.2) is 0 Å². The van der Waals surface area contributed by atoms with Gasteiger partial charge in [0.1, 0.15) is 0 Å². The predicted octanol–water partition coefficient (Wildman–Crippen LogP) is 0.0538. The minimum Gasteiger partial charge on any atom is -0.381 e. The van der Waals surface area contributed by atoms with Gasteiger partial charge in [0.05, 0.1) is 5.92 Å². The highest BCUT2D eigenvalue weighted by Gasteiger charge is 2.30. The van der Waals surface area contributed by atoms with Crippen LogP contribution in [0.1, 0.15) is 26.2 Å². The summed E-state index contributed by atoms with van der Waals surface area (Å²) in [7, 11) is 0. The number of carbonyl (C=O) groups is 2. The van der Waals surface area contributed by atoms with Crippen molar-refractivity contribution >= 4 is 11.8 Å². The van der Waals surface area contributed by atoms with Crippen LogP contribution in [0.3, 0.4) is 0 Å². The summed E-state index contributed by atoms with van der Waals surface area (Å²) in [4.78, 5) is 22.9. The van der Waals surface area contributed by atoms with Crippen LogP contribution in [-0.2, 0) is 14.3 Å². The molecule has 0 aromatic rings. The molecule has 96 valence electrons. The number of nitrogens with one attached hydrogen (secondary N) is 2. The van der Waals surface area contributed by atoms with Crippen molar-refractivity contribution in [3.8, 4) is 0 Å². The maximum absolute atomic E-state index is 11.9. The number of hydrogen-bond donors (Lipinski definition) is 2. The summed E-state index contributed by atoms with van der Waals surface area (Å²) in [5.74, 6) is 0.286. The van der Waals surface area contributed by atoms with E-state index in [2.05, 4.69) is 10.6 Å². The Morgan fingerprint density at radius 3 is 2.76 bits per heavy atom. The predicted molar refractivity (Wildman–Crippen MR) is 62.3 cm³/mol. The summed E-state index contributed by atoms with van der Waals surface area (Å²) < 4.78 is 5.30. The normalized spacial score (nSPS) is 27.6. The largest absolute Gasteiger partial charge is 0.381 e. The van der Waals surface area contributed by atoms with Crippen molar-refractivity contribution in [1.82, 2.24) is 10.6 Å². The third-order valence-corrected chi connectivity index (χ3v) is 3.69. The van der Waals surface area contributed by atoms with Crippen LogP contribution in [0.2, 0.25) is 0 Å². The highest BCUT2D eigenvalue weighted by molar-refractivity contribution is 5.89. The van der Waals surface area contributed by atoms with Crippen molar-refractivity contribution in [2.45, 2.75) is 32.2 Å². The molecule has 2 amide bonds. The molecule has 0 aromatic carbocycles. The van der Waals surface area contributed by atoms with E-state index in [0.717, 1.165) is 26.1 Å². The lowest BCUT2D eigenvalue weighted by molar-refractivity contribution is -0.127. The van der Waals surface area contributed by atoms with E-state index in [1.807, 2.05) is 6.92 Å². The van der Waals surface area contributed by atoms with Crippen molar-refractivity contribution in [3.63, 3.8) is 0 Å². The Labute approximate surface area is 101 Å². The number of rotatable bonds is 3. The van der Waals surface area contributed by atoms with E-state index in [9.17, 15) is 9.59 Å². The van der Waals surface area contributed by atoms with Crippen LogP contribution in [0, 0.1) is 11.8 Å². The molecule has 2 aliphatic rings. The van der Waals surface area contributed by atoms with Crippen LogP contribution in [0.4, 0.5) is 0 Å². The van der Waals surface area contributed by atoms with Crippen molar-refractivity contribution in [3.05, 3.63) is 0 Å². The van der Waals surface area contributed by atoms with Crippen LogP contribution in [0.5, 0.6) is 0 Å². The first-order valence-electron chi connectivity index (χ1n) is 6.31.